The van der Waals surface area contributed by atoms with Crippen molar-refractivity contribution in [2.24, 2.45) is 0 Å². The average molecular weight is 933 g/mol. The number of benzene rings is 2. The van der Waals surface area contributed by atoms with Gasteiger partial charge >= 0.3 is 0 Å². The van der Waals surface area contributed by atoms with Gasteiger partial charge in [0.1, 0.15) is 23.4 Å². The molecule has 3 amide bonds. The fourth-order valence-electron chi connectivity index (χ4n) is 9.43. The maximum atomic E-state index is 12.9. The van der Waals surface area contributed by atoms with Crippen LogP contribution in [0.5, 0.6) is 0 Å². The fraction of sp³-hybridized carbons (Fsp3) is 0.500. The first-order chi connectivity index (χ1) is 30.8. The Morgan fingerprint density at radius 1 is 0.738 bits per heavy atom. The minimum absolute atomic E-state index is 0.0282. The molecule has 4 N–H and O–H groups in total. The zero-order valence-electron chi connectivity index (χ0n) is 37.4. The Morgan fingerprint density at radius 2 is 1.34 bits per heavy atom. The highest BCUT2D eigenvalue weighted by molar-refractivity contribution is 7.88. The molecule has 7 heterocycles. The third kappa shape index (κ3) is 9.97. The van der Waals surface area contributed by atoms with Crippen LogP contribution in [0.4, 0.5) is 11.4 Å². The van der Waals surface area contributed by atoms with Gasteiger partial charge in [-0.2, -0.15) is 0 Å². The first-order valence-corrected chi connectivity index (χ1v) is 25.6. The number of amides is 3. The largest absolute Gasteiger partial charge is 0.379 e. The number of carbonyl (C=O) groups excluding carboxylic acids is 3. The lowest BCUT2D eigenvalue weighted by molar-refractivity contribution is -0.128. The summed E-state index contributed by atoms with van der Waals surface area (Å²) in [5.74, 6) is 1.83. The van der Waals surface area contributed by atoms with Crippen molar-refractivity contribution < 1.29 is 40.3 Å². The number of fused-ring (bicyclic) bond motifs is 1. The normalized spacial score (nSPS) is 22.1. The molecule has 65 heavy (non-hydrogen) atoms. The smallest absolute Gasteiger partial charge is 0.247 e. The summed E-state index contributed by atoms with van der Waals surface area (Å²) in [5, 5.41) is 20.2. The van der Waals surface area contributed by atoms with Crippen molar-refractivity contribution in [3.63, 3.8) is 0 Å². The Bertz CT molecular complexity index is 2830. The van der Waals surface area contributed by atoms with Crippen LogP contribution >= 0.6 is 0 Å². The Hall–Kier alpha value is -5.64. The van der Waals surface area contributed by atoms with E-state index in [-0.39, 0.29) is 35.8 Å². The van der Waals surface area contributed by atoms with Gasteiger partial charge < -0.3 is 34.9 Å². The molecule has 4 aliphatic heterocycles. The molecular weight excluding hydrogens is 877 g/mol. The Balaban J connectivity index is 0.000000177. The Labute approximate surface area is 378 Å². The topological polar surface area (TPSA) is 244 Å². The zero-order chi connectivity index (χ0) is 46.4. The molecule has 0 spiro atoms. The van der Waals surface area contributed by atoms with Crippen molar-refractivity contribution in [2.45, 2.75) is 103 Å². The summed E-state index contributed by atoms with van der Waals surface area (Å²) < 4.78 is 63.7. The van der Waals surface area contributed by atoms with Gasteiger partial charge in [-0.25, -0.2) is 30.4 Å². The van der Waals surface area contributed by atoms with Crippen LogP contribution in [0.2, 0.25) is 0 Å². The second-order valence-electron chi connectivity index (χ2n) is 17.5. The molecule has 0 bridgehead atoms. The van der Waals surface area contributed by atoms with E-state index in [2.05, 4.69) is 36.1 Å². The van der Waals surface area contributed by atoms with E-state index in [0.717, 1.165) is 69.1 Å². The molecule has 4 aliphatic rings. The molecule has 4 fully saturated rings. The molecule has 2 aromatic carbocycles. The van der Waals surface area contributed by atoms with Gasteiger partial charge in [-0.3, -0.25) is 14.4 Å². The SMILES string of the molecule is Cc1noc(C)c1-c1ccc(N[C@@H]2CCN(S(C)(=O)=O)C2)c(NC(=O)[C@@H]2CCCC(=O)N2)c1.Cc1noc(C)c1-c1ccc2c(c1)nc([C@@H]1CCCC(=O)N1)n2[C@@H]1CCN(S(C)(=O)=O)C1. The van der Waals surface area contributed by atoms with Crippen LogP contribution < -0.4 is 21.3 Å². The van der Waals surface area contributed by atoms with Crippen molar-refractivity contribution in [1.29, 1.82) is 0 Å². The van der Waals surface area contributed by atoms with E-state index < -0.39 is 26.1 Å². The number of nitrogens with zero attached hydrogens (tertiary/aromatic N) is 6. The van der Waals surface area contributed by atoms with Gasteiger partial charge in [0.15, 0.2) is 0 Å². The van der Waals surface area contributed by atoms with E-state index in [9.17, 15) is 31.2 Å². The van der Waals surface area contributed by atoms with Crippen LogP contribution in [-0.4, -0.2) is 114 Å². The molecule has 0 aliphatic carbocycles. The van der Waals surface area contributed by atoms with Crippen LogP contribution in [-0.2, 0) is 34.4 Å². The van der Waals surface area contributed by atoms with Crippen molar-refractivity contribution >= 4 is 60.2 Å². The summed E-state index contributed by atoms with van der Waals surface area (Å²) in [6, 6.07) is 10.8. The monoisotopic (exact) mass is 932 g/mol. The van der Waals surface area contributed by atoms with E-state index >= 15 is 0 Å². The van der Waals surface area contributed by atoms with Gasteiger partial charge in [0.05, 0.1) is 58.4 Å². The molecule has 0 saturated carbocycles. The first-order valence-electron chi connectivity index (χ1n) is 21.9. The minimum atomic E-state index is -3.26. The van der Waals surface area contributed by atoms with E-state index in [1.54, 1.807) is 0 Å². The molecule has 0 unspecified atom stereocenters. The molecule has 19 nitrogen and oxygen atoms in total. The van der Waals surface area contributed by atoms with Crippen molar-refractivity contribution in [2.75, 3.05) is 49.3 Å². The predicted molar refractivity (Wildman–Crippen MR) is 244 cm³/mol. The zero-order valence-corrected chi connectivity index (χ0v) is 39.1. The van der Waals surface area contributed by atoms with Crippen molar-refractivity contribution in [3.05, 3.63) is 65.1 Å². The van der Waals surface area contributed by atoms with E-state index in [4.69, 9.17) is 14.0 Å². The molecule has 9 rings (SSSR count). The van der Waals surface area contributed by atoms with Crippen molar-refractivity contribution in [1.82, 2.24) is 39.1 Å². The number of imidazole rings is 1. The van der Waals surface area contributed by atoms with Gasteiger partial charge in [0, 0.05) is 56.2 Å². The summed E-state index contributed by atoms with van der Waals surface area (Å²) in [6.45, 7) is 9.18. The van der Waals surface area contributed by atoms with Crippen molar-refractivity contribution in [3.8, 4) is 22.3 Å². The second-order valence-corrected chi connectivity index (χ2v) is 21.5. The van der Waals surface area contributed by atoms with Gasteiger partial charge in [0.2, 0.25) is 37.8 Å². The highest BCUT2D eigenvalue weighted by atomic mass is 32.2. The number of carbonyl (C=O) groups is 3. The summed E-state index contributed by atoms with van der Waals surface area (Å²) in [4.78, 5) is 41.8. The molecule has 0 radical (unpaired) electrons. The van der Waals surface area contributed by atoms with Crippen LogP contribution in [0, 0.1) is 27.7 Å². The first kappa shape index (κ1) is 45.9. The molecular formula is C44H56N10O9S2. The minimum Gasteiger partial charge on any atom is -0.379 e. The second kappa shape index (κ2) is 18.3. The lowest BCUT2D eigenvalue weighted by Gasteiger charge is -2.26. The maximum Gasteiger partial charge on any atom is 0.247 e. The standard InChI is InChI=1S/C22H29N5O5S.C22H27N5O4S/c1-13-21(14(2)32-26-13)15-7-8-17(23-16-9-10-27(12-16)33(3,30)31)19(11-15)25-22(29)18-5-4-6-20(28)24-18;1-13-21(14(2)31-25-13)15-7-8-19-18(11-15)24-22(17-5-4-6-20(28)23-17)27(19)16-9-10-26(12-16)32(3,29)30/h7-8,11,16,18,23H,4-6,9-10,12H2,1-3H3,(H,24,28)(H,25,29);7-8,11,16-17H,4-6,9-10,12H2,1-3H3,(H,23,28)/t16-,18+;16-,17+/m11/s1. The Morgan fingerprint density at radius 3 is 1.92 bits per heavy atom. The molecule has 21 heteroatoms. The van der Waals surface area contributed by atoms with E-state index in [0.29, 0.717) is 81.8 Å². The average Bonchev–Trinajstić information content (AvgIpc) is 4.10. The molecule has 4 atom stereocenters. The van der Waals surface area contributed by atoms with E-state index in [1.807, 2.05) is 64.1 Å². The van der Waals surface area contributed by atoms with E-state index in [1.165, 1.54) is 21.1 Å². The van der Waals surface area contributed by atoms with Gasteiger partial charge in [0.25, 0.3) is 0 Å². The number of sulfonamides is 2. The number of anilines is 2. The van der Waals surface area contributed by atoms with Crippen LogP contribution in [0.3, 0.4) is 0 Å². The number of hydrogen-bond donors (Lipinski definition) is 4. The number of rotatable bonds is 10. The number of aryl methyl sites for hydroxylation is 4. The Kier molecular flexibility index (Phi) is 12.9. The summed E-state index contributed by atoms with van der Waals surface area (Å²) >= 11 is 0. The number of piperidine rings is 2. The van der Waals surface area contributed by atoms with Gasteiger partial charge in [-0.1, -0.05) is 22.4 Å². The number of hydrogen-bond acceptors (Lipinski definition) is 13. The number of nitrogens with one attached hydrogen (secondary N) is 4. The summed E-state index contributed by atoms with van der Waals surface area (Å²) in [6.07, 6.45) is 7.64. The highest BCUT2D eigenvalue weighted by Crippen LogP contribution is 2.37. The lowest BCUT2D eigenvalue weighted by atomic mass is 10.0. The summed E-state index contributed by atoms with van der Waals surface area (Å²) in [5.41, 5.74) is 8.17. The van der Waals surface area contributed by atoms with Gasteiger partial charge in [-0.15, -0.1) is 0 Å². The highest BCUT2D eigenvalue weighted by Gasteiger charge is 2.35. The van der Waals surface area contributed by atoms with Crippen LogP contribution in [0.25, 0.3) is 33.3 Å². The maximum absolute atomic E-state index is 12.9. The molecule has 348 valence electrons. The predicted octanol–water partition coefficient (Wildman–Crippen LogP) is 4.87. The van der Waals surface area contributed by atoms with Crippen LogP contribution in [0.15, 0.2) is 45.4 Å². The lowest BCUT2D eigenvalue weighted by Crippen LogP contribution is -2.46. The fourth-order valence-corrected chi connectivity index (χ4v) is 11.2. The molecule has 5 aromatic rings. The van der Waals surface area contributed by atoms with Crippen LogP contribution in [0.1, 0.15) is 92.2 Å². The molecule has 3 aromatic heterocycles. The third-order valence-electron chi connectivity index (χ3n) is 12.7. The molecule has 4 saturated heterocycles. The third-order valence-corrected chi connectivity index (χ3v) is 15.2. The van der Waals surface area contributed by atoms with Gasteiger partial charge in [-0.05, 0) is 102 Å². The summed E-state index contributed by atoms with van der Waals surface area (Å²) in [7, 11) is -6.52. The quantitative estimate of drug-likeness (QED) is 0.146. The number of aromatic nitrogens is 4.